The van der Waals surface area contributed by atoms with Crippen LogP contribution >= 0.6 is 0 Å². The summed E-state index contributed by atoms with van der Waals surface area (Å²) in [7, 11) is 0. The summed E-state index contributed by atoms with van der Waals surface area (Å²) >= 11 is 0. The van der Waals surface area contributed by atoms with Gasteiger partial charge in [-0.2, -0.15) is 0 Å². The Morgan fingerprint density at radius 1 is 1.14 bits per heavy atom. The van der Waals surface area contributed by atoms with Crippen LogP contribution in [0.5, 0.6) is 5.75 Å². The second kappa shape index (κ2) is 8.00. The Bertz CT molecular complexity index is 856. The zero-order chi connectivity index (χ0) is 20.3. The highest BCUT2D eigenvalue weighted by Gasteiger charge is 2.36. The summed E-state index contributed by atoms with van der Waals surface area (Å²) in [4.78, 5) is 25.7. The molecule has 2 aromatic rings. The molecule has 0 aromatic heterocycles. The largest absolute Gasteiger partial charge is 0.486 e. The van der Waals surface area contributed by atoms with Crippen LogP contribution in [0.2, 0.25) is 0 Å². The summed E-state index contributed by atoms with van der Waals surface area (Å²) in [5.41, 5.74) is 1.44. The van der Waals surface area contributed by atoms with E-state index in [-0.39, 0.29) is 17.3 Å². The topological polar surface area (TPSA) is 58.6 Å². The Labute approximate surface area is 164 Å². The van der Waals surface area contributed by atoms with E-state index in [4.69, 9.17) is 4.74 Å². The van der Waals surface area contributed by atoms with Gasteiger partial charge in [0.2, 0.25) is 0 Å². The van der Waals surface area contributed by atoms with Crippen LogP contribution in [0.3, 0.4) is 0 Å². The van der Waals surface area contributed by atoms with Crippen molar-refractivity contribution in [2.45, 2.75) is 38.8 Å². The maximum Gasteiger partial charge on any atom is 0.312 e. The van der Waals surface area contributed by atoms with E-state index in [0.717, 1.165) is 11.1 Å². The van der Waals surface area contributed by atoms with Gasteiger partial charge in [0.25, 0.3) is 0 Å². The molecule has 0 radical (unpaired) electrons. The van der Waals surface area contributed by atoms with E-state index < -0.39 is 11.8 Å². The molecular formula is C22H25FN2O3. The number of halogens is 1. The highest BCUT2D eigenvalue weighted by Crippen LogP contribution is 2.33. The first kappa shape index (κ1) is 19.9. The summed E-state index contributed by atoms with van der Waals surface area (Å²) in [5, 5.41) is 2.63. The Morgan fingerprint density at radius 2 is 1.82 bits per heavy atom. The fourth-order valence-electron chi connectivity index (χ4n) is 3.05. The van der Waals surface area contributed by atoms with Crippen molar-refractivity contribution < 1.29 is 18.7 Å². The predicted molar refractivity (Wildman–Crippen MR) is 104 cm³/mol. The highest BCUT2D eigenvalue weighted by atomic mass is 19.1. The fourth-order valence-corrected chi connectivity index (χ4v) is 3.05. The average molecular weight is 384 g/mol. The van der Waals surface area contributed by atoms with Crippen LogP contribution < -0.4 is 10.1 Å². The molecule has 148 valence electrons. The lowest BCUT2D eigenvalue weighted by molar-refractivity contribution is -0.151. The quantitative estimate of drug-likeness (QED) is 0.825. The average Bonchev–Trinajstić information content (AvgIpc) is 2.63. The third kappa shape index (κ3) is 4.68. The Kier molecular flexibility index (Phi) is 5.68. The summed E-state index contributed by atoms with van der Waals surface area (Å²) in [6.07, 6.45) is -0.211. The van der Waals surface area contributed by atoms with Crippen molar-refractivity contribution in [1.29, 1.82) is 0 Å². The van der Waals surface area contributed by atoms with Crippen molar-refractivity contribution in [2.24, 2.45) is 0 Å². The highest BCUT2D eigenvalue weighted by molar-refractivity contribution is 6.35. The Morgan fingerprint density at radius 3 is 2.46 bits per heavy atom. The van der Waals surface area contributed by atoms with Crippen molar-refractivity contribution in [2.75, 3.05) is 13.1 Å². The summed E-state index contributed by atoms with van der Waals surface area (Å²) in [6.45, 7) is 6.94. The maximum atomic E-state index is 13.6. The zero-order valence-corrected chi connectivity index (χ0v) is 16.4. The van der Waals surface area contributed by atoms with E-state index in [2.05, 4.69) is 5.32 Å². The summed E-state index contributed by atoms with van der Waals surface area (Å²) in [6, 6.07) is 13.9. The molecule has 1 N–H and O–H groups in total. The number of likely N-dealkylation sites (tertiary alicyclic amines) is 1. The van der Waals surface area contributed by atoms with Crippen LogP contribution in [0, 0.1) is 5.82 Å². The lowest BCUT2D eigenvalue weighted by Crippen LogP contribution is -2.59. The van der Waals surface area contributed by atoms with E-state index in [0.29, 0.717) is 25.4 Å². The molecule has 1 aliphatic rings. The molecule has 0 bridgehead atoms. The van der Waals surface area contributed by atoms with E-state index in [1.54, 1.807) is 6.07 Å². The predicted octanol–water partition coefficient (Wildman–Crippen LogP) is 3.03. The molecule has 1 saturated heterocycles. The first-order chi connectivity index (χ1) is 13.2. The smallest absolute Gasteiger partial charge is 0.312 e. The molecule has 1 fully saturated rings. The first-order valence-corrected chi connectivity index (χ1v) is 9.32. The lowest BCUT2D eigenvalue weighted by Gasteiger charge is -2.39. The van der Waals surface area contributed by atoms with Gasteiger partial charge < -0.3 is 15.0 Å². The van der Waals surface area contributed by atoms with Gasteiger partial charge in [0.05, 0.1) is 13.1 Å². The molecular weight excluding hydrogens is 359 g/mol. The van der Waals surface area contributed by atoms with Crippen molar-refractivity contribution >= 4 is 11.8 Å². The van der Waals surface area contributed by atoms with Crippen LogP contribution in [0.4, 0.5) is 4.39 Å². The first-order valence-electron chi connectivity index (χ1n) is 9.32. The molecule has 0 spiro atoms. The van der Waals surface area contributed by atoms with Gasteiger partial charge in [-0.05, 0) is 29.2 Å². The summed E-state index contributed by atoms with van der Waals surface area (Å²) in [5.74, 6) is -0.886. The number of amides is 2. The summed E-state index contributed by atoms with van der Waals surface area (Å²) < 4.78 is 19.6. The van der Waals surface area contributed by atoms with Gasteiger partial charge in [-0.15, -0.1) is 0 Å². The second-order valence-corrected chi connectivity index (χ2v) is 8.01. The molecule has 0 aliphatic carbocycles. The fraction of sp³-hybridized carbons (Fsp3) is 0.364. The van der Waals surface area contributed by atoms with E-state index in [1.807, 2.05) is 51.1 Å². The second-order valence-electron chi connectivity index (χ2n) is 8.01. The van der Waals surface area contributed by atoms with Gasteiger partial charge in [0, 0.05) is 12.1 Å². The number of ether oxygens (including phenoxy) is 1. The number of hydrogen-bond donors (Lipinski definition) is 1. The van der Waals surface area contributed by atoms with Crippen LogP contribution in [-0.2, 0) is 21.5 Å². The number of nitrogens with one attached hydrogen (secondary N) is 1. The van der Waals surface area contributed by atoms with Crippen LogP contribution in [0.1, 0.15) is 31.9 Å². The number of hydrogen-bond acceptors (Lipinski definition) is 3. The number of nitrogens with zero attached hydrogens (tertiary/aromatic N) is 1. The molecule has 1 heterocycles. The minimum absolute atomic E-state index is 0.211. The maximum absolute atomic E-state index is 13.6. The van der Waals surface area contributed by atoms with Crippen molar-refractivity contribution in [3.63, 3.8) is 0 Å². The Balaban J connectivity index is 1.52. The SMILES string of the molecule is CC(C)(C)c1cc(F)ccc1OC1CN(C(=O)C(=O)NCc2ccccc2)C1. The van der Waals surface area contributed by atoms with Gasteiger partial charge in [0.1, 0.15) is 17.7 Å². The van der Waals surface area contributed by atoms with Gasteiger partial charge in [-0.1, -0.05) is 51.1 Å². The van der Waals surface area contributed by atoms with Gasteiger partial charge in [-0.25, -0.2) is 4.39 Å². The van der Waals surface area contributed by atoms with Crippen molar-refractivity contribution in [1.82, 2.24) is 10.2 Å². The monoisotopic (exact) mass is 384 g/mol. The normalized spacial score (nSPS) is 14.4. The molecule has 0 atom stereocenters. The zero-order valence-electron chi connectivity index (χ0n) is 16.4. The molecule has 5 nitrogen and oxygen atoms in total. The minimum atomic E-state index is -0.625. The number of carbonyl (C=O) groups excluding carboxylic acids is 2. The molecule has 0 unspecified atom stereocenters. The number of carbonyl (C=O) groups is 2. The van der Waals surface area contributed by atoms with E-state index in [9.17, 15) is 14.0 Å². The minimum Gasteiger partial charge on any atom is -0.486 e. The molecule has 3 rings (SSSR count). The van der Waals surface area contributed by atoms with Crippen LogP contribution in [0.15, 0.2) is 48.5 Å². The molecule has 28 heavy (non-hydrogen) atoms. The van der Waals surface area contributed by atoms with Crippen molar-refractivity contribution in [3.8, 4) is 5.75 Å². The van der Waals surface area contributed by atoms with Gasteiger partial charge in [0.15, 0.2) is 0 Å². The van der Waals surface area contributed by atoms with Gasteiger partial charge in [-0.3, -0.25) is 9.59 Å². The lowest BCUT2D eigenvalue weighted by atomic mass is 9.86. The molecule has 2 amide bonds. The molecule has 0 saturated carbocycles. The number of benzene rings is 2. The van der Waals surface area contributed by atoms with Crippen molar-refractivity contribution in [3.05, 3.63) is 65.5 Å². The third-order valence-corrected chi connectivity index (χ3v) is 4.67. The number of rotatable bonds is 4. The van der Waals surface area contributed by atoms with Crippen LogP contribution in [-0.4, -0.2) is 35.9 Å². The third-order valence-electron chi connectivity index (χ3n) is 4.67. The molecule has 2 aromatic carbocycles. The van der Waals surface area contributed by atoms with E-state index in [1.165, 1.54) is 17.0 Å². The standard InChI is InChI=1S/C22H25FN2O3/c1-22(2,3)18-11-16(23)9-10-19(18)28-17-13-25(14-17)21(27)20(26)24-12-15-7-5-4-6-8-15/h4-11,17H,12-14H2,1-3H3,(H,24,26). The van der Waals surface area contributed by atoms with Crippen LogP contribution in [0.25, 0.3) is 0 Å². The molecule has 1 aliphatic heterocycles. The van der Waals surface area contributed by atoms with E-state index >= 15 is 0 Å². The van der Waals surface area contributed by atoms with Gasteiger partial charge >= 0.3 is 11.8 Å². The molecule has 6 heteroatoms. The Hall–Kier alpha value is -2.89.